The minimum atomic E-state index is 0.148. The molecule has 0 aliphatic carbocycles. The molecule has 0 saturated carbocycles. The third-order valence-corrected chi connectivity index (χ3v) is 3.73. The van der Waals surface area contributed by atoms with E-state index >= 15 is 0 Å². The summed E-state index contributed by atoms with van der Waals surface area (Å²) in [6.07, 6.45) is 4.19. The van der Waals surface area contributed by atoms with E-state index in [0.717, 1.165) is 26.1 Å². The molecule has 19 heavy (non-hydrogen) atoms. The van der Waals surface area contributed by atoms with Gasteiger partial charge >= 0.3 is 0 Å². The molecule has 0 aromatic heterocycles. The third-order valence-electron chi connectivity index (χ3n) is 3.73. The van der Waals surface area contributed by atoms with Gasteiger partial charge in [0.15, 0.2) is 0 Å². The van der Waals surface area contributed by atoms with Crippen LogP contribution in [0.5, 0.6) is 0 Å². The second-order valence-corrected chi connectivity index (χ2v) is 5.70. The molecule has 0 radical (unpaired) electrons. The molecule has 1 aliphatic rings. The molecule has 0 aromatic carbocycles. The number of nitrogens with one attached hydrogen (secondary N) is 1. The van der Waals surface area contributed by atoms with E-state index in [1.54, 1.807) is 0 Å². The van der Waals surface area contributed by atoms with Gasteiger partial charge in [-0.1, -0.05) is 20.8 Å². The van der Waals surface area contributed by atoms with Crippen LogP contribution in [0, 0.1) is 5.92 Å². The molecule has 0 unspecified atom stereocenters. The number of nitrogens with zero attached hydrogens (tertiary/aromatic N) is 1. The van der Waals surface area contributed by atoms with E-state index in [0.29, 0.717) is 31.5 Å². The average molecular weight is 270 g/mol. The number of hydrogen-bond donors (Lipinski definition) is 1. The van der Waals surface area contributed by atoms with Gasteiger partial charge in [0.25, 0.3) is 0 Å². The van der Waals surface area contributed by atoms with Crippen LogP contribution in [0.3, 0.4) is 0 Å². The van der Waals surface area contributed by atoms with Crippen molar-refractivity contribution in [2.75, 3.05) is 32.8 Å². The van der Waals surface area contributed by atoms with Crippen molar-refractivity contribution in [2.45, 2.75) is 52.5 Å². The number of ether oxygens (including phenoxy) is 1. The summed E-state index contributed by atoms with van der Waals surface area (Å²) in [7, 11) is 0. The first-order valence-corrected chi connectivity index (χ1v) is 7.73. The number of amides is 1. The van der Waals surface area contributed by atoms with Crippen molar-refractivity contribution in [3.05, 3.63) is 0 Å². The fourth-order valence-electron chi connectivity index (χ4n) is 2.73. The molecule has 1 amide bonds. The zero-order valence-electron chi connectivity index (χ0n) is 12.8. The van der Waals surface area contributed by atoms with Crippen molar-refractivity contribution in [3.8, 4) is 0 Å². The maximum atomic E-state index is 11.7. The van der Waals surface area contributed by atoms with Crippen molar-refractivity contribution in [3.63, 3.8) is 0 Å². The summed E-state index contributed by atoms with van der Waals surface area (Å²) in [5, 5.41) is 2.92. The topological polar surface area (TPSA) is 41.6 Å². The summed E-state index contributed by atoms with van der Waals surface area (Å²) in [4.78, 5) is 14.2. The quantitative estimate of drug-likeness (QED) is 0.652. The van der Waals surface area contributed by atoms with Gasteiger partial charge in [-0.15, -0.1) is 0 Å². The Morgan fingerprint density at radius 3 is 2.89 bits per heavy atom. The zero-order chi connectivity index (χ0) is 14.1. The number of carbonyl (C=O) groups excluding carboxylic acids is 1. The number of likely N-dealkylation sites (tertiary alicyclic amines) is 1. The number of carbonyl (C=O) groups is 1. The highest BCUT2D eigenvalue weighted by Gasteiger charge is 2.26. The molecule has 4 heteroatoms. The van der Waals surface area contributed by atoms with Crippen LogP contribution < -0.4 is 5.32 Å². The molecule has 1 saturated heterocycles. The van der Waals surface area contributed by atoms with Crippen LogP contribution in [0.1, 0.15) is 46.5 Å². The maximum absolute atomic E-state index is 11.7. The normalized spacial score (nSPS) is 20.1. The van der Waals surface area contributed by atoms with Crippen molar-refractivity contribution in [1.29, 1.82) is 0 Å². The Bertz CT molecular complexity index is 257. The Kier molecular flexibility index (Phi) is 8.07. The Morgan fingerprint density at radius 2 is 2.21 bits per heavy atom. The van der Waals surface area contributed by atoms with Crippen molar-refractivity contribution >= 4 is 5.91 Å². The fraction of sp³-hybridized carbons (Fsp3) is 0.933. The summed E-state index contributed by atoms with van der Waals surface area (Å²) < 4.78 is 5.33. The van der Waals surface area contributed by atoms with Crippen LogP contribution >= 0.6 is 0 Å². The highest BCUT2D eigenvalue weighted by molar-refractivity contribution is 5.76. The van der Waals surface area contributed by atoms with Gasteiger partial charge in [0.1, 0.15) is 0 Å². The molecular formula is C15H30N2O2. The Balaban J connectivity index is 2.09. The summed E-state index contributed by atoms with van der Waals surface area (Å²) in [5.74, 6) is 0.836. The minimum Gasteiger partial charge on any atom is -0.380 e. The van der Waals surface area contributed by atoms with Gasteiger partial charge in [-0.25, -0.2) is 0 Å². The van der Waals surface area contributed by atoms with Crippen LogP contribution in [0.4, 0.5) is 0 Å². The summed E-state index contributed by atoms with van der Waals surface area (Å²) in [6.45, 7) is 10.7. The molecular weight excluding hydrogens is 240 g/mol. The van der Waals surface area contributed by atoms with Crippen LogP contribution in [0.25, 0.3) is 0 Å². The van der Waals surface area contributed by atoms with Crippen molar-refractivity contribution in [1.82, 2.24) is 10.2 Å². The van der Waals surface area contributed by atoms with E-state index in [4.69, 9.17) is 4.74 Å². The van der Waals surface area contributed by atoms with Crippen molar-refractivity contribution in [2.24, 2.45) is 5.92 Å². The third kappa shape index (κ3) is 6.39. The van der Waals surface area contributed by atoms with E-state index < -0.39 is 0 Å². The summed E-state index contributed by atoms with van der Waals surface area (Å²) in [5.41, 5.74) is 0. The summed E-state index contributed by atoms with van der Waals surface area (Å²) >= 11 is 0. The number of hydrogen-bond acceptors (Lipinski definition) is 3. The van der Waals surface area contributed by atoms with E-state index in [1.807, 2.05) is 0 Å². The Morgan fingerprint density at radius 1 is 1.42 bits per heavy atom. The second-order valence-electron chi connectivity index (χ2n) is 5.70. The molecule has 1 rings (SSSR count). The van der Waals surface area contributed by atoms with E-state index in [9.17, 15) is 4.79 Å². The molecule has 112 valence electrons. The predicted octanol–water partition coefficient (Wildman–Crippen LogP) is 2.04. The van der Waals surface area contributed by atoms with Gasteiger partial charge in [0, 0.05) is 32.2 Å². The standard InChI is InChI=1S/C15H30N2O2/c1-4-11-19-12-8-16-15(18)7-10-17-9-5-6-14(17)13(2)3/h13-14H,4-12H2,1-3H3,(H,16,18)/t14-/m0/s1. The molecule has 1 fully saturated rings. The second kappa shape index (κ2) is 9.32. The first kappa shape index (κ1) is 16.4. The van der Waals surface area contributed by atoms with Gasteiger partial charge < -0.3 is 10.1 Å². The predicted molar refractivity (Wildman–Crippen MR) is 78.2 cm³/mol. The monoisotopic (exact) mass is 270 g/mol. The molecule has 1 atom stereocenters. The molecule has 4 nitrogen and oxygen atoms in total. The Hall–Kier alpha value is -0.610. The van der Waals surface area contributed by atoms with Gasteiger partial charge in [0.05, 0.1) is 6.61 Å². The smallest absolute Gasteiger partial charge is 0.221 e. The van der Waals surface area contributed by atoms with Gasteiger partial charge in [-0.05, 0) is 31.7 Å². The van der Waals surface area contributed by atoms with Crippen LogP contribution in [-0.4, -0.2) is 49.7 Å². The Labute approximate surface area is 117 Å². The molecule has 0 aromatic rings. The van der Waals surface area contributed by atoms with Gasteiger partial charge in [-0.3, -0.25) is 9.69 Å². The molecule has 1 aliphatic heterocycles. The van der Waals surface area contributed by atoms with E-state index in [1.165, 1.54) is 12.8 Å². The lowest BCUT2D eigenvalue weighted by Gasteiger charge is -2.27. The van der Waals surface area contributed by atoms with Gasteiger partial charge in [0.2, 0.25) is 5.91 Å². The van der Waals surface area contributed by atoms with Crippen molar-refractivity contribution < 1.29 is 9.53 Å². The van der Waals surface area contributed by atoms with Crippen LogP contribution in [0.2, 0.25) is 0 Å². The SMILES string of the molecule is CCCOCCNC(=O)CCN1CCC[C@H]1C(C)C. The number of rotatable bonds is 9. The molecule has 1 N–H and O–H groups in total. The molecule has 0 bridgehead atoms. The lowest BCUT2D eigenvalue weighted by Crippen LogP contribution is -2.37. The van der Waals surface area contributed by atoms with E-state index in [2.05, 4.69) is 31.0 Å². The highest BCUT2D eigenvalue weighted by Crippen LogP contribution is 2.23. The van der Waals surface area contributed by atoms with E-state index in [-0.39, 0.29) is 5.91 Å². The first-order valence-electron chi connectivity index (χ1n) is 7.73. The van der Waals surface area contributed by atoms with Crippen LogP contribution in [-0.2, 0) is 9.53 Å². The maximum Gasteiger partial charge on any atom is 0.221 e. The molecule has 0 spiro atoms. The largest absolute Gasteiger partial charge is 0.380 e. The zero-order valence-corrected chi connectivity index (χ0v) is 12.8. The lowest BCUT2D eigenvalue weighted by molar-refractivity contribution is -0.121. The van der Waals surface area contributed by atoms with Gasteiger partial charge in [-0.2, -0.15) is 0 Å². The summed E-state index contributed by atoms with van der Waals surface area (Å²) in [6, 6.07) is 0.667. The molecule has 1 heterocycles. The highest BCUT2D eigenvalue weighted by atomic mass is 16.5. The first-order chi connectivity index (χ1) is 9.15. The van der Waals surface area contributed by atoms with Crippen LogP contribution in [0.15, 0.2) is 0 Å². The minimum absolute atomic E-state index is 0.148. The lowest BCUT2D eigenvalue weighted by atomic mass is 10.0. The fourth-order valence-corrected chi connectivity index (χ4v) is 2.73. The average Bonchev–Trinajstić information content (AvgIpc) is 2.84.